The van der Waals surface area contributed by atoms with Gasteiger partial charge in [-0.3, -0.25) is 0 Å². The van der Waals surface area contributed by atoms with E-state index in [1.807, 2.05) is 0 Å². The average Bonchev–Trinajstić information content (AvgIpc) is 1.55. The Kier molecular flexibility index (Phi) is 1.84. The molecule has 0 heterocycles. The number of hydrogen-bond acceptors (Lipinski definition) is 0. The summed E-state index contributed by atoms with van der Waals surface area (Å²) in [5.41, 5.74) is 0. The van der Waals surface area contributed by atoms with Crippen LogP contribution in [-0.2, 0) is 0 Å². The highest BCUT2D eigenvalue weighted by molar-refractivity contribution is 6.48. The minimum absolute atomic E-state index is 0.769. The summed E-state index contributed by atoms with van der Waals surface area (Å²) in [7, 11) is 7.50. The van der Waals surface area contributed by atoms with Crippen LogP contribution in [0.4, 0.5) is 0 Å². The van der Waals surface area contributed by atoms with Gasteiger partial charge in [0.15, 0.2) is 0 Å². The van der Waals surface area contributed by atoms with Crippen LogP contribution >= 0.6 is 0 Å². The molecule has 0 nitrogen and oxygen atoms in total. The van der Waals surface area contributed by atoms with E-state index < -0.39 is 0 Å². The molecule has 0 saturated heterocycles. The summed E-state index contributed by atoms with van der Waals surface area (Å²) in [6.07, 6.45) is 4.96. The van der Waals surface area contributed by atoms with E-state index in [9.17, 15) is 0 Å². The van der Waals surface area contributed by atoms with Crippen molar-refractivity contribution in [3.8, 4) is 0 Å². The van der Waals surface area contributed by atoms with Gasteiger partial charge in [0, 0.05) is 0 Å². The predicted octanol–water partition coefficient (Wildman–Crippen LogP) is 1.21. The zero-order valence-electron chi connectivity index (χ0n) is 4.56. The standard InChI is InChI=1S/C5H9B2/c6-4-7-5-2-1-3-5/h5H,1-4H2. The second-order valence-corrected chi connectivity index (χ2v) is 2.16. The highest BCUT2D eigenvalue weighted by atomic mass is 14.1. The predicted molar refractivity (Wildman–Crippen MR) is 33.9 cm³/mol. The molecule has 0 amide bonds. The van der Waals surface area contributed by atoms with E-state index in [-0.39, 0.29) is 0 Å². The first-order chi connectivity index (χ1) is 3.43. The summed E-state index contributed by atoms with van der Waals surface area (Å²) >= 11 is 0. The third-order valence-electron chi connectivity index (χ3n) is 1.62. The second-order valence-electron chi connectivity index (χ2n) is 2.16. The van der Waals surface area contributed by atoms with Crippen molar-refractivity contribution in [3.63, 3.8) is 0 Å². The Labute approximate surface area is 47.3 Å². The van der Waals surface area contributed by atoms with E-state index in [1.165, 1.54) is 19.3 Å². The van der Waals surface area contributed by atoms with Crippen molar-refractivity contribution in [1.82, 2.24) is 0 Å². The summed E-state index contributed by atoms with van der Waals surface area (Å²) in [5, 5.41) is 0. The highest BCUT2D eigenvalue weighted by Gasteiger charge is 2.15. The molecule has 1 fully saturated rings. The van der Waals surface area contributed by atoms with E-state index >= 15 is 0 Å². The van der Waals surface area contributed by atoms with Crippen LogP contribution in [0, 0.1) is 0 Å². The summed E-state index contributed by atoms with van der Waals surface area (Å²) in [6.45, 7) is 0. The fourth-order valence-corrected chi connectivity index (χ4v) is 0.868. The zero-order valence-corrected chi connectivity index (χ0v) is 4.56. The first-order valence-electron chi connectivity index (χ1n) is 2.97. The van der Waals surface area contributed by atoms with Crippen LogP contribution in [0.2, 0.25) is 12.0 Å². The van der Waals surface area contributed by atoms with Gasteiger partial charge in [-0.05, 0) is 0 Å². The van der Waals surface area contributed by atoms with Gasteiger partial charge in [-0.15, -0.1) is 6.22 Å². The first kappa shape index (κ1) is 5.27. The summed E-state index contributed by atoms with van der Waals surface area (Å²) in [6, 6.07) is 0. The van der Waals surface area contributed by atoms with Crippen LogP contribution in [0.1, 0.15) is 19.3 Å². The summed E-state index contributed by atoms with van der Waals surface area (Å²) < 4.78 is 0. The average molecular weight is 90.8 g/mol. The number of hydrogen-bond donors (Lipinski definition) is 0. The van der Waals surface area contributed by atoms with Gasteiger partial charge in [-0.1, -0.05) is 25.1 Å². The molecule has 0 bridgehead atoms. The molecule has 2 heteroatoms. The van der Waals surface area contributed by atoms with Crippen molar-refractivity contribution in [1.29, 1.82) is 0 Å². The molecule has 0 atom stereocenters. The molecule has 0 aliphatic heterocycles. The SMILES string of the molecule is [B]C[B]C1CCC1. The second kappa shape index (κ2) is 2.44. The van der Waals surface area contributed by atoms with Crippen molar-refractivity contribution in [2.75, 3.05) is 0 Å². The fraction of sp³-hybridized carbons (Fsp3) is 1.00. The first-order valence-corrected chi connectivity index (χ1v) is 2.97. The molecule has 0 N–H and O–H groups in total. The Morgan fingerprint density at radius 1 is 1.57 bits per heavy atom. The molecule has 0 unspecified atom stereocenters. The van der Waals surface area contributed by atoms with Crippen molar-refractivity contribution in [3.05, 3.63) is 0 Å². The molecular formula is C5H9B2. The minimum Gasteiger partial charge on any atom is -0.114 e. The van der Waals surface area contributed by atoms with Gasteiger partial charge in [-0.2, -0.15) is 0 Å². The summed E-state index contributed by atoms with van der Waals surface area (Å²) in [5.74, 6) is 0.880. The molecule has 35 valence electrons. The van der Waals surface area contributed by atoms with Gasteiger partial charge in [0.1, 0.15) is 7.28 Å². The molecule has 3 radical (unpaired) electrons. The Morgan fingerprint density at radius 3 is 2.43 bits per heavy atom. The van der Waals surface area contributed by atoms with Crippen LogP contribution in [0.3, 0.4) is 0 Å². The van der Waals surface area contributed by atoms with Gasteiger partial charge in [0.2, 0.25) is 0 Å². The maximum atomic E-state index is 5.28. The lowest BCUT2D eigenvalue weighted by molar-refractivity contribution is 0.499. The molecule has 1 aliphatic carbocycles. The van der Waals surface area contributed by atoms with Crippen LogP contribution < -0.4 is 0 Å². The Bertz CT molecular complexity index is 50.0. The van der Waals surface area contributed by atoms with Gasteiger partial charge in [0.25, 0.3) is 0 Å². The van der Waals surface area contributed by atoms with E-state index in [1.54, 1.807) is 0 Å². The molecule has 7 heavy (non-hydrogen) atoms. The third-order valence-corrected chi connectivity index (χ3v) is 1.62. The Balaban J connectivity index is 1.93. The van der Waals surface area contributed by atoms with Gasteiger partial charge in [0.05, 0.1) is 7.85 Å². The monoisotopic (exact) mass is 91.1 g/mol. The van der Waals surface area contributed by atoms with Gasteiger partial charge < -0.3 is 0 Å². The minimum atomic E-state index is 0.769. The lowest BCUT2D eigenvalue weighted by atomic mass is 9.50. The molecule has 0 aromatic rings. The molecule has 0 spiro atoms. The van der Waals surface area contributed by atoms with E-state index in [0.29, 0.717) is 0 Å². The molecular weight excluding hydrogens is 81.7 g/mol. The molecule has 0 aromatic heterocycles. The molecule has 1 saturated carbocycles. The quantitative estimate of drug-likeness (QED) is 0.448. The third kappa shape index (κ3) is 1.25. The van der Waals surface area contributed by atoms with E-state index in [0.717, 1.165) is 12.0 Å². The van der Waals surface area contributed by atoms with Crippen molar-refractivity contribution in [2.24, 2.45) is 0 Å². The highest BCUT2D eigenvalue weighted by Crippen LogP contribution is 2.31. The van der Waals surface area contributed by atoms with Gasteiger partial charge >= 0.3 is 0 Å². The lowest BCUT2D eigenvalue weighted by Gasteiger charge is -2.23. The fourth-order valence-electron chi connectivity index (χ4n) is 0.868. The van der Waals surface area contributed by atoms with E-state index in [4.69, 9.17) is 7.85 Å². The van der Waals surface area contributed by atoms with E-state index in [2.05, 4.69) is 7.28 Å². The Morgan fingerprint density at radius 2 is 2.29 bits per heavy atom. The van der Waals surface area contributed by atoms with Gasteiger partial charge in [-0.25, -0.2) is 0 Å². The summed E-state index contributed by atoms with van der Waals surface area (Å²) in [4.78, 5) is 0. The van der Waals surface area contributed by atoms with Crippen molar-refractivity contribution < 1.29 is 0 Å². The topological polar surface area (TPSA) is 0 Å². The Hall–Kier alpha value is 0.130. The largest absolute Gasteiger partial charge is 0.114 e. The van der Waals surface area contributed by atoms with Crippen LogP contribution in [-0.4, -0.2) is 15.1 Å². The zero-order chi connectivity index (χ0) is 5.11. The van der Waals surface area contributed by atoms with Crippen LogP contribution in [0.5, 0.6) is 0 Å². The lowest BCUT2D eigenvalue weighted by Crippen LogP contribution is -2.11. The molecule has 1 aliphatic rings. The van der Waals surface area contributed by atoms with Crippen molar-refractivity contribution >= 4 is 15.1 Å². The van der Waals surface area contributed by atoms with Crippen LogP contribution in [0.25, 0.3) is 0 Å². The van der Waals surface area contributed by atoms with Crippen LogP contribution in [0.15, 0.2) is 0 Å². The molecule has 1 rings (SSSR count). The smallest absolute Gasteiger partial charge is 0.104 e. The maximum Gasteiger partial charge on any atom is 0.104 e. The normalized spacial score (nSPS) is 21.1. The number of rotatable bonds is 2. The van der Waals surface area contributed by atoms with Crippen molar-refractivity contribution in [2.45, 2.75) is 31.3 Å². The molecule has 0 aromatic carbocycles. The maximum absolute atomic E-state index is 5.28.